The van der Waals surface area contributed by atoms with Crippen molar-refractivity contribution < 1.29 is 4.79 Å². The van der Waals surface area contributed by atoms with Gasteiger partial charge in [-0.1, -0.05) is 38.1 Å². The van der Waals surface area contributed by atoms with Gasteiger partial charge in [-0.3, -0.25) is 9.69 Å². The van der Waals surface area contributed by atoms with Crippen molar-refractivity contribution in [2.75, 3.05) is 4.90 Å². The first-order chi connectivity index (χ1) is 8.31. The smallest absolute Gasteiger partial charge is 0.218 e. The average molecular weight is 229 g/mol. The van der Waals surface area contributed by atoms with E-state index >= 15 is 0 Å². The minimum Gasteiger partial charge on any atom is -0.290 e. The second-order valence-electron chi connectivity index (χ2n) is 3.71. The van der Waals surface area contributed by atoms with Gasteiger partial charge in [0.15, 0.2) is 0 Å². The SMILES string of the molecule is CC/C=C\C=C/N(C=O)c1ccc(CC)cc1. The van der Waals surface area contributed by atoms with Crippen LogP contribution in [0.25, 0.3) is 0 Å². The minimum absolute atomic E-state index is 0.817. The van der Waals surface area contributed by atoms with Gasteiger partial charge in [0.1, 0.15) is 0 Å². The summed E-state index contributed by atoms with van der Waals surface area (Å²) in [4.78, 5) is 12.5. The Kier molecular flexibility index (Phi) is 5.80. The first-order valence-corrected chi connectivity index (χ1v) is 5.97. The molecule has 0 spiro atoms. The minimum atomic E-state index is 0.817. The molecular formula is C15H19NO. The Morgan fingerprint density at radius 2 is 1.82 bits per heavy atom. The van der Waals surface area contributed by atoms with Crippen LogP contribution in [-0.2, 0) is 11.2 Å². The number of allylic oxidation sites excluding steroid dienone is 3. The molecule has 0 fully saturated rings. The molecule has 0 aromatic heterocycles. The number of carbonyl (C=O) groups excluding carboxylic acids is 1. The molecule has 0 bridgehead atoms. The van der Waals surface area contributed by atoms with Gasteiger partial charge in [-0.05, 0) is 36.6 Å². The van der Waals surface area contributed by atoms with Crippen molar-refractivity contribution >= 4 is 12.1 Å². The Labute approximate surface area is 103 Å². The molecule has 1 aromatic rings. The Balaban J connectivity index is 2.75. The van der Waals surface area contributed by atoms with Gasteiger partial charge in [-0.15, -0.1) is 0 Å². The third-order valence-corrected chi connectivity index (χ3v) is 2.49. The summed E-state index contributed by atoms with van der Waals surface area (Å²) in [5.41, 5.74) is 2.16. The Morgan fingerprint density at radius 3 is 2.35 bits per heavy atom. The van der Waals surface area contributed by atoms with Crippen LogP contribution < -0.4 is 4.90 Å². The predicted molar refractivity (Wildman–Crippen MR) is 72.9 cm³/mol. The zero-order chi connectivity index (χ0) is 12.5. The van der Waals surface area contributed by atoms with Crippen LogP contribution in [0.4, 0.5) is 5.69 Å². The number of aryl methyl sites for hydroxylation is 1. The van der Waals surface area contributed by atoms with E-state index in [1.807, 2.05) is 42.5 Å². The highest BCUT2D eigenvalue weighted by atomic mass is 16.1. The Hall–Kier alpha value is -1.83. The maximum absolute atomic E-state index is 11.0. The lowest BCUT2D eigenvalue weighted by atomic mass is 10.1. The van der Waals surface area contributed by atoms with E-state index in [9.17, 15) is 4.79 Å². The normalized spacial score (nSPS) is 11.2. The van der Waals surface area contributed by atoms with E-state index in [2.05, 4.69) is 13.8 Å². The van der Waals surface area contributed by atoms with Gasteiger partial charge >= 0.3 is 0 Å². The monoisotopic (exact) mass is 229 g/mol. The largest absolute Gasteiger partial charge is 0.290 e. The molecule has 0 saturated carbocycles. The summed E-state index contributed by atoms with van der Waals surface area (Å²) in [7, 11) is 0. The summed E-state index contributed by atoms with van der Waals surface area (Å²) in [6, 6.07) is 8.01. The van der Waals surface area contributed by atoms with E-state index in [1.54, 1.807) is 11.1 Å². The maximum atomic E-state index is 11.0. The summed E-state index contributed by atoms with van der Waals surface area (Å²) in [5.74, 6) is 0. The van der Waals surface area contributed by atoms with Crippen LogP contribution in [0.15, 0.2) is 48.7 Å². The zero-order valence-corrected chi connectivity index (χ0v) is 10.5. The molecule has 2 heteroatoms. The molecule has 1 amide bonds. The molecule has 1 rings (SSSR count). The van der Waals surface area contributed by atoms with Gasteiger partial charge in [0.25, 0.3) is 0 Å². The summed E-state index contributed by atoms with van der Waals surface area (Å²) >= 11 is 0. The summed E-state index contributed by atoms with van der Waals surface area (Å²) in [6.07, 6.45) is 10.4. The molecule has 0 atom stereocenters. The molecule has 0 N–H and O–H groups in total. The van der Waals surface area contributed by atoms with Gasteiger partial charge in [0, 0.05) is 11.9 Å². The van der Waals surface area contributed by atoms with E-state index in [0.717, 1.165) is 24.9 Å². The highest BCUT2D eigenvalue weighted by molar-refractivity contribution is 5.77. The van der Waals surface area contributed by atoms with Crippen LogP contribution in [0.3, 0.4) is 0 Å². The van der Waals surface area contributed by atoms with Gasteiger partial charge < -0.3 is 0 Å². The quantitative estimate of drug-likeness (QED) is 0.538. The number of benzene rings is 1. The first kappa shape index (κ1) is 13.2. The molecule has 17 heavy (non-hydrogen) atoms. The number of hydrogen-bond acceptors (Lipinski definition) is 1. The fourth-order valence-corrected chi connectivity index (χ4v) is 1.44. The average Bonchev–Trinajstić information content (AvgIpc) is 2.39. The lowest BCUT2D eigenvalue weighted by Gasteiger charge is -2.12. The standard InChI is InChI=1S/C15H19NO/c1-3-5-6-7-12-16(13-17)15-10-8-14(4-2)9-11-15/h5-13H,3-4H2,1-2H3/b6-5-,12-7-. The fourth-order valence-electron chi connectivity index (χ4n) is 1.44. The first-order valence-electron chi connectivity index (χ1n) is 5.97. The molecule has 0 unspecified atom stereocenters. The van der Waals surface area contributed by atoms with Crippen molar-refractivity contribution in [2.24, 2.45) is 0 Å². The van der Waals surface area contributed by atoms with Crippen LogP contribution in [0, 0.1) is 0 Å². The van der Waals surface area contributed by atoms with Crippen molar-refractivity contribution in [2.45, 2.75) is 26.7 Å². The summed E-state index contributed by atoms with van der Waals surface area (Å²) in [6.45, 7) is 4.19. The molecule has 1 aromatic carbocycles. The van der Waals surface area contributed by atoms with E-state index in [1.165, 1.54) is 5.56 Å². The highest BCUT2D eigenvalue weighted by Gasteiger charge is 1.99. The number of hydrogen-bond donors (Lipinski definition) is 0. The van der Waals surface area contributed by atoms with Crippen molar-refractivity contribution in [3.63, 3.8) is 0 Å². The number of carbonyl (C=O) groups is 1. The molecule has 0 aliphatic rings. The molecule has 0 aliphatic carbocycles. The van der Waals surface area contributed by atoms with E-state index in [4.69, 9.17) is 0 Å². The van der Waals surface area contributed by atoms with Crippen LogP contribution >= 0.6 is 0 Å². The third kappa shape index (κ3) is 4.27. The van der Waals surface area contributed by atoms with Crippen LogP contribution in [-0.4, -0.2) is 6.41 Å². The molecule has 0 radical (unpaired) electrons. The van der Waals surface area contributed by atoms with Gasteiger partial charge in [0.2, 0.25) is 6.41 Å². The van der Waals surface area contributed by atoms with Crippen LogP contribution in [0.5, 0.6) is 0 Å². The molecule has 0 saturated heterocycles. The van der Waals surface area contributed by atoms with Crippen molar-refractivity contribution in [3.05, 3.63) is 54.3 Å². The molecule has 0 aliphatic heterocycles. The van der Waals surface area contributed by atoms with E-state index in [0.29, 0.717) is 0 Å². The second kappa shape index (κ2) is 7.44. The van der Waals surface area contributed by atoms with Gasteiger partial charge in [-0.2, -0.15) is 0 Å². The lowest BCUT2D eigenvalue weighted by Crippen LogP contribution is -2.12. The zero-order valence-electron chi connectivity index (χ0n) is 10.5. The van der Waals surface area contributed by atoms with Crippen LogP contribution in [0.2, 0.25) is 0 Å². The van der Waals surface area contributed by atoms with E-state index < -0.39 is 0 Å². The van der Waals surface area contributed by atoms with Crippen molar-refractivity contribution in [3.8, 4) is 0 Å². The maximum Gasteiger partial charge on any atom is 0.218 e. The summed E-state index contributed by atoms with van der Waals surface area (Å²) < 4.78 is 0. The highest BCUT2D eigenvalue weighted by Crippen LogP contribution is 2.14. The lowest BCUT2D eigenvalue weighted by molar-refractivity contribution is -0.106. The van der Waals surface area contributed by atoms with Gasteiger partial charge in [0.05, 0.1) is 0 Å². The van der Waals surface area contributed by atoms with Gasteiger partial charge in [-0.25, -0.2) is 0 Å². The number of nitrogens with zero attached hydrogens (tertiary/aromatic N) is 1. The summed E-state index contributed by atoms with van der Waals surface area (Å²) in [5, 5.41) is 0. The van der Waals surface area contributed by atoms with Crippen LogP contribution in [0.1, 0.15) is 25.8 Å². The topological polar surface area (TPSA) is 20.3 Å². The molecule has 2 nitrogen and oxygen atoms in total. The number of rotatable bonds is 6. The molecular weight excluding hydrogens is 210 g/mol. The Morgan fingerprint density at radius 1 is 1.12 bits per heavy atom. The number of amides is 1. The number of anilines is 1. The molecule has 90 valence electrons. The van der Waals surface area contributed by atoms with Crippen molar-refractivity contribution in [1.29, 1.82) is 0 Å². The second-order valence-corrected chi connectivity index (χ2v) is 3.71. The predicted octanol–water partition coefficient (Wildman–Crippen LogP) is 3.69. The Bertz CT molecular complexity index is 390. The fraction of sp³-hybridized carbons (Fsp3) is 0.267. The third-order valence-electron chi connectivity index (χ3n) is 2.49. The molecule has 0 heterocycles. The van der Waals surface area contributed by atoms with E-state index in [-0.39, 0.29) is 0 Å². The van der Waals surface area contributed by atoms with Crippen molar-refractivity contribution in [1.82, 2.24) is 0 Å².